The van der Waals surface area contributed by atoms with Gasteiger partial charge in [0.15, 0.2) is 11.2 Å². The molecule has 0 aromatic heterocycles. The summed E-state index contributed by atoms with van der Waals surface area (Å²) in [5, 5.41) is 5.71. The Bertz CT molecular complexity index is 845. The first-order chi connectivity index (χ1) is 11.0. The Hall–Kier alpha value is -2.49. The number of nitrogens with zero attached hydrogens (tertiary/aromatic N) is 2. The first-order valence-corrected chi connectivity index (χ1v) is 8.78. The van der Waals surface area contributed by atoms with Crippen molar-refractivity contribution in [3.05, 3.63) is 72.0 Å². The normalized spacial score (nSPS) is 20.7. The van der Waals surface area contributed by atoms with Gasteiger partial charge < -0.3 is 4.89 Å². The maximum absolute atomic E-state index is 12.5. The van der Waals surface area contributed by atoms with E-state index < -0.39 is 13.2 Å². The molecule has 5 nitrogen and oxygen atoms in total. The van der Waals surface area contributed by atoms with Crippen LogP contribution in [0.15, 0.2) is 71.6 Å². The van der Waals surface area contributed by atoms with Gasteiger partial charge in [-0.3, -0.25) is 9.36 Å². The molecule has 1 N–H and O–H groups in total. The van der Waals surface area contributed by atoms with Gasteiger partial charge in [0.05, 0.1) is 11.4 Å². The summed E-state index contributed by atoms with van der Waals surface area (Å²) in [4.78, 5) is 21.9. The number of hydrogen-bond acceptors (Lipinski definition) is 4. The minimum Gasteiger partial charge on any atom is -0.337 e. The lowest BCUT2D eigenvalue weighted by atomic mass is 10.1. The molecule has 23 heavy (non-hydrogen) atoms. The zero-order chi connectivity index (χ0) is 16.4. The maximum Gasteiger partial charge on any atom is 0.277 e. The molecule has 0 fully saturated rings. The van der Waals surface area contributed by atoms with Crippen LogP contribution < -0.4 is 5.01 Å². The minimum atomic E-state index is -3.94. The van der Waals surface area contributed by atoms with E-state index in [1.165, 1.54) is 17.7 Å². The molecule has 1 unspecified atom stereocenters. The minimum absolute atomic E-state index is 0.318. The van der Waals surface area contributed by atoms with E-state index in [2.05, 4.69) is 5.10 Å². The number of carbonyl (C=O) groups is 1. The summed E-state index contributed by atoms with van der Waals surface area (Å²) in [7, 11) is -3.94. The SMILES string of the molecule is CC(=O)C1=NN(c2ccccc2)C(c2ccccc2)=CP1(=O)O. The van der Waals surface area contributed by atoms with E-state index in [1.807, 2.05) is 60.7 Å². The monoisotopic (exact) mass is 326 g/mol. The molecule has 6 heteroatoms. The van der Waals surface area contributed by atoms with Crippen LogP contribution in [0.1, 0.15) is 12.5 Å². The van der Waals surface area contributed by atoms with Gasteiger partial charge in [-0.15, -0.1) is 0 Å². The third-order valence-electron chi connectivity index (χ3n) is 3.41. The van der Waals surface area contributed by atoms with Crippen molar-refractivity contribution in [2.75, 3.05) is 5.01 Å². The first-order valence-electron chi connectivity index (χ1n) is 7.05. The van der Waals surface area contributed by atoms with Crippen molar-refractivity contribution in [3.8, 4) is 0 Å². The summed E-state index contributed by atoms with van der Waals surface area (Å²) >= 11 is 0. The molecule has 0 bridgehead atoms. The molecule has 116 valence electrons. The molecule has 2 aromatic rings. The second-order valence-corrected chi connectivity index (χ2v) is 7.06. The van der Waals surface area contributed by atoms with Crippen LogP contribution in [-0.2, 0) is 9.36 Å². The van der Waals surface area contributed by atoms with E-state index in [0.717, 1.165) is 5.56 Å². The van der Waals surface area contributed by atoms with E-state index in [4.69, 9.17) is 0 Å². The molecular weight excluding hydrogens is 311 g/mol. The Morgan fingerprint density at radius 3 is 2.17 bits per heavy atom. The molecule has 0 saturated carbocycles. The summed E-state index contributed by atoms with van der Waals surface area (Å²) in [6.45, 7) is 1.24. The second-order valence-electron chi connectivity index (χ2n) is 5.13. The molecule has 2 aromatic carbocycles. The molecule has 0 saturated heterocycles. The number of Topliss-reactive ketones (excluding diaryl/α,β-unsaturated/α-hetero) is 1. The van der Waals surface area contributed by atoms with Gasteiger partial charge >= 0.3 is 0 Å². The lowest BCUT2D eigenvalue weighted by Crippen LogP contribution is -2.25. The smallest absolute Gasteiger partial charge is 0.277 e. The zero-order valence-electron chi connectivity index (χ0n) is 12.5. The third-order valence-corrected chi connectivity index (χ3v) is 5.01. The number of carbonyl (C=O) groups excluding carboxylic acids is 1. The van der Waals surface area contributed by atoms with Crippen molar-refractivity contribution in [1.29, 1.82) is 0 Å². The van der Waals surface area contributed by atoms with Crippen molar-refractivity contribution in [2.45, 2.75) is 6.92 Å². The highest BCUT2D eigenvalue weighted by Gasteiger charge is 2.35. The number of hydrazone groups is 1. The second kappa shape index (κ2) is 5.95. The lowest BCUT2D eigenvalue weighted by molar-refractivity contribution is -0.110. The first kappa shape index (κ1) is 15.4. The predicted octanol–water partition coefficient (Wildman–Crippen LogP) is 3.68. The molecule has 0 amide bonds. The van der Waals surface area contributed by atoms with Crippen molar-refractivity contribution in [2.24, 2.45) is 5.10 Å². The van der Waals surface area contributed by atoms with Gasteiger partial charge in [0.1, 0.15) is 0 Å². The summed E-state index contributed by atoms with van der Waals surface area (Å²) in [5.74, 6) is 0.721. The van der Waals surface area contributed by atoms with Crippen molar-refractivity contribution in [1.82, 2.24) is 0 Å². The van der Waals surface area contributed by atoms with Gasteiger partial charge in [0, 0.05) is 18.3 Å². The fourth-order valence-corrected chi connectivity index (χ4v) is 3.74. The summed E-state index contributed by atoms with van der Waals surface area (Å²) in [6, 6.07) is 18.4. The number of para-hydroxylation sites is 1. The van der Waals surface area contributed by atoms with Crippen LogP contribution in [0.3, 0.4) is 0 Å². The number of ketones is 1. The lowest BCUT2D eigenvalue weighted by Gasteiger charge is -2.28. The Morgan fingerprint density at radius 2 is 1.61 bits per heavy atom. The van der Waals surface area contributed by atoms with Crippen LogP contribution >= 0.6 is 7.37 Å². The molecule has 3 rings (SSSR count). The van der Waals surface area contributed by atoms with Gasteiger partial charge in [0.25, 0.3) is 7.37 Å². The van der Waals surface area contributed by atoms with Crippen molar-refractivity contribution in [3.63, 3.8) is 0 Å². The molecule has 0 aliphatic carbocycles. The number of benzene rings is 2. The van der Waals surface area contributed by atoms with Gasteiger partial charge in [-0.2, -0.15) is 5.10 Å². The molecule has 1 aliphatic heterocycles. The Balaban J connectivity index is 2.19. The molecule has 0 radical (unpaired) electrons. The highest BCUT2D eigenvalue weighted by Crippen LogP contribution is 2.51. The Labute approximate surface area is 134 Å². The number of hydrogen-bond donors (Lipinski definition) is 1. The Morgan fingerprint density at radius 1 is 1.04 bits per heavy atom. The third kappa shape index (κ3) is 3.02. The van der Waals surface area contributed by atoms with E-state index in [9.17, 15) is 14.3 Å². The van der Waals surface area contributed by atoms with Crippen LogP contribution in [0.2, 0.25) is 0 Å². The molecule has 1 aliphatic rings. The van der Waals surface area contributed by atoms with Crippen LogP contribution in [0, 0.1) is 0 Å². The van der Waals surface area contributed by atoms with E-state index in [0.29, 0.717) is 11.4 Å². The van der Waals surface area contributed by atoms with E-state index in [-0.39, 0.29) is 5.45 Å². The summed E-state index contributed by atoms with van der Waals surface area (Å²) in [5.41, 5.74) is 1.62. The molecule has 1 atom stereocenters. The quantitative estimate of drug-likeness (QED) is 0.874. The van der Waals surface area contributed by atoms with Gasteiger partial charge in [-0.05, 0) is 12.1 Å². The fraction of sp³-hybridized carbons (Fsp3) is 0.0588. The Kier molecular flexibility index (Phi) is 3.99. The summed E-state index contributed by atoms with van der Waals surface area (Å²) < 4.78 is 12.5. The highest BCUT2D eigenvalue weighted by atomic mass is 31.2. The summed E-state index contributed by atoms with van der Waals surface area (Å²) in [6.07, 6.45) is 0. The van der Waals surface area contributed by atoms with E-state index in [1.54, 1.807) is 0 Å². The number of rotatable bonds is 3. The van der Waals surface area contributed by atoms with Crippen molar-refractivity contribution < 1.29 is 14.3 Å². The molecule has 0 spiro atoms. The standard InChI is InChI=1S/C17H15N2O3P/c1-13(20)17-18-19(15-10-6-3-7-11-15)16(12-23(17,21)22)14-8-4-2-5-9-14/h2-12H,1H3,(H,21,22). The van der Waals surface area contributed by atoms with Crippen LogP contribution in [-0.4, -0.2) is 16.1 Å². The zero-order valence-corrected chi connectivity index (χ0v) is 13.4. The molecular formula is C17H15N2O3P. The predicted molar refractivity (Wildman–Crippen MR) is 91.3 cm³/mol. The maximum atomic E-state index is 12.5. The molecule has 1 heterocycles. The van der Waals surface area contributed by atoms with E-state index >= 15 is 0 Å². The van der Waals surface area contributed by atoms with Crippen LogP contribution in [0.4, 0.5) is 5.69 Å². The van der Waals surface area contributed by atoms with Gasteiger partial charge in [0.2, 0.25) is 0 Å². The van der Waals surface area contributed by atoms with Crippen molar-refractivity contribution >= 4 is 30.0 Å². The van der Waals surface area contributed by atoms with Gasteiger partial charge in [-0.1, -0.05) is 48.5 Å². The fourth-order valence-electron chi connectivity index (χ4n) is 2.36. The topological polar surface area (TPSA) is 70.0 Å². The highest BCUT2D eigenvalue weighted by molar-refractivity contribution is 7.81. The largest absolute Gasteiger partial charge is 0.337 e. The number of anilines is 1. The average Bonchev–Trinajstić information content (AvgIpc) is 2.55. The van der Waals surface area contributed by atoms with Crippen LogP contribution in [0.5, 0.6) is 0 Å². The average molecular weight is 326 g/mol. The van der Waals surface area contributed by atoms with Gasteiger partial charge in [-0.25, -0.2) is 5.01 Å². The van der Waals surface area contributed by atoms with Crippen LogP contribution in [0.25, 0.3) is 5.70 Å².